The number of ether oxygens (including phenoxy) is 1. The lowest BCUT2D eigenvalue weighted by Gasteiger charge is -2.18. The van der Waals surface area contributed by atoms with E-state index >= 15 is 0 Å². The molecule has 0 saturated carbocycles. The normalized spacial score (nSPS) is 10.2. The highest BCUT2D eigenvalue weighted by atomic mass is 16.5. The maximum Gasteiger partial charge on any atom is 0.258 e. The number of rotatable bonds is 3. The molecule has 0 aliphatic rings. The zero-order valence-electron chi connectivity index (χ0n) is 11.9. The third-order valence-corrected chi connectivity index (χ3v) is 3.17. The summed E-state index contributed by atoms with van der Waals surface area (Å²) in [6, 6.07) is 12.8. The number of amides is 1. The summed E-state index contributed by atoms with van der Waals surface area (Å²) in [5.74, 6) is 0.463. The molecule has 0 spiro atoms. The molecule has 0 heterocycles. The van der Waals surface area contributed by atoms with Crippen molar-refractivity contribution < 1.29 is 9.53 Å². The lowest BCUT2D eigenvalue weighted by molar-refractivity contribution is 0.0993. The van der Waals surface area contributed by atoms with Crippen LogP contribution in [0.15, 0.2) is 42.5 Å². The molecule has 2 aromatic rings. The first-order chi connectivity index (χ1) is 9.52. The van der Waals surface area contributed by atoms with Gasteiger partial charge in [-0.2, -0.15) is 0 Å². The molecule has 2 N–H and O–H groups in total. The highest BCUT2D eigenvalue weighted by molar-refractivity contribution is 6.06. The molecule has 1 amide bonds. The molecule has 20 heavy (non-hydrogen) atoms. The molecule has 0 atom stereocenters. The topological polar surface area (TPSA) is 55.6 Å². The van der Waals surface area contributed by atoms with Gasteiger partial charge in [0.25, 0.3) is 5.91 Å². The second kappa shape index (κ2) is 5.65. The summed E-state index contributed by atoms with van der Waals surface area (Å²) in [6.45, 7) is 1.99. The van der Waals surface area contributed by atoms with Crippen molar-refractivity contribution >= 4 is 17.3 Å². The summed E-state index contributed by atoms with van der Waals surface area (Å²) < 4.78 is 5.09. The Balaban J connectivity index is 2.29. The highest BCUT2D eigenvalue weighted by Gasteiger charge is 2.14. The molecule has 104 valence electrons. The third-order valence-electron chi connectivity index (χ3n) is 3.17. The van der Waals surface area contributed by atoms with Crippen molar-refractivity contribution in [3.63, 3.8) is 0 Å². The van der Waals surface area contributed by atoms with Crippen LogP contribution in [0.5, 0.6) is 5.75 Å². The number of aryl methyl sites for hydroxylation is 1. The maximum absolute atomic E-state index is 12.4. The third kappa shape index (κ3) is 2.74. The molecule has 0 aliphatic heterocycles. The summed E-state index contributed by atoms with van der Waals surface area (Å²) in [5, 5.41) is 0. The molecule has 0 fully saturated rings. The van der Waals surface area contributed by atoms with Gasteiger partial charge in [-0.25, -0.2) is 0 Å². The average Bonchev–Trinajstić information content (AvgIpc) is 2.45. The monoisotopic (exact) mass is 270 g/mol. The van der Waals surface area contributed by atoms with Crippen molar-refractivity contribution in [3.8, 4) is 5.75 Å². The Morgan fingerprint density at radius 1 is 1.20 bits per heavy atom. The maximum atomic E-state index is 12.4. The van der Waals surface area contributed by atoms with E-state index in [0.29, 0.717) is 17.0 Å². The minimum atomic E-state index is -0.107. The number of hydrogen-bond acceptors (Lipinski definition) is 3. The Morgan fingerprint density at radius 2 is 1.95 bits per heavy atom. The summed E-state index contributed by atoms with van der Waals surface area (Å²) in [5.41, 5.74) is 8.79. The van der Waals surface area contributed by atoms with Crippen LogP contribution in [-0.4, -0.2) is 20.1 Å². The van der Waals surface area contributed by atoms with Gasteiger partial charge in [-0.05, 0) is 42.8 Å². The second-order valence-corrected chi connectivity index (χ2v) is 4.66. The van der Waals surface area contributed by atoms with Crippen molar-refractivity contribution in [1.82, 2.24) is 0 Å². The Hall–Kier alpha value is -2.49. The number of anilines is 2. The van der Waals surface area contributed by atoms with Gasteiger partial charge in [0.15, 0.2) is 0 Å². The van der Waals surface area contributed by atoms with Gasteiger partial charge in [-0.3, -0.25) is 4.79 Å². The van der Waals surface area contributed by atoms with Crippen molar-refractivity contribution in [3.05, 3.63) is 53.6 Å². The van der Waals surface area contributed by atoms with Gasteiger partial charge >= 0.3 is 0 Å². The summed E-state index contributed by atoms with van der Waals surface area (Å²) in [6.07, 6.45) is 0. The molecule has 0 bridgehead atoms. The molecular weight excluding hydrogens is 252 g/mol. The smallest absolute Gasteiger partial charge is 0.258 e. The lowest BCUT2D eigenvalue weighted by Crippen LogP contribution is -2.26. The number of nitrogens with two attached hydrogens (primary N) is 1. The summed E-state index contributed by atoms with van der Waals surface area (Å²) >= 11 is 0. The van der Waals surface area contributed by atoms with E-state index in [0.717, 1.165) is 11.3 Å². The number of methoxy groups -OCH3 is 1. The van der Waals surface area contributed by atoms with Crippen LogP contribution in [0.3, 0.4) is 0 Å². The van der Waals surface area contributed by atoms with Crippen LogP contribution in [0, 0.1) is 6.92 Å². The molecule has 2 rings (SSSR count). The van der Waals surface area contributed by atoms with Crippen molar-refractivity contribution in [2.75, 3.05) is 24.8 Å². The minimum Gasteiger partial charge on any atom is -0.495 e. The van der Waals surface area contributed by atoms with E-state index in [9.17, 15) is 4.79 Å². The zero-order valence-corrected chi connectivity index (χ0v) is 11.9. The predicted molar refractivity (Wildman–Crippen MR) is 81.3 cm³/mol. The van der Waals surface area contributed by atoms with Crippen LogP contribution >= 0.6 is 0 Å². The number of nitrogen functional groups attached to an aromatic ring is 1. The van der Waals surface area contributed by atoms with Crippen LogP contribution in [0.2, 0.25) is 0 Å². The van der Waals surface area contributed by atoms with Gasteiger partial charge in [0.05, 0.1) is 12.8 Å². The van der Waals surface area contributed by atoms with Crippen LogP contribution < -0.4 is 15.4 Å². The van der Waals surface area contributed by atoms with Gasteiger partial charge < -0.3 is 15.4 Å². The minimum absolute atomic E-state index is 0.107. The Labute approximate surface area is 118 Å². The van der Waals surface area contributed by atoms with E-state index in [-0.39, 0.29) is 5.91 Å². The number of nitrogens with zero attached hydrogens (tertiary/aromatic N) is 1. The fourth-order valence-corrected chi connectivity index (χ4v) is 2.01. The number of carbonyl (C=O) groups is 1. The largest absolute Gasteiger partial charge is 0.495 e. The summed E-state index contributed by atoms with van der Waals surface area (Å²) in [7, 11) is 3.30. The van der Waals surface area contributed by atoms with Crippen molar-refractivity contribution in [1.29, 1.82) is 0 Å². The van der Waals surface area contributed by atoms with Crippen molar-refractivity contribution in [2.24, 2.45) is 0 Å². The van der Waals surface area contributed by atoms with Gasteiger partial charge in [-0.1, -0.05) is 12.1 Å². The van der Waals surface area contributed by atoms with E-state index < -0.39 is 0 Å². The van der Waals surface area contributed by atoms with Gasteiger partial charge in [-0.15, -0.1) is 0 Å². The molecule has 0 unspecified atom stereocenters. The number of carbonyl (C=O) groups excluding carboxylic acids is 1. The van der Waals surface area contributed by atoms with E-state index in [2.05, 4.69) is 0 Å². The Bertz CT molecular complexity index is 638. The average molecular weight is 270 g/mol. The molecule has 0 aromatic heterocycles. The SMILES string of the molecule is COc1ccc(C(=O)N(C)c2cccc(C)c2)cc1N. The number of hydrogen-bond donors (Lipinski definition) is 1. The standard InChI is InChI=1S/C16H18N2O2/c1-11-5-4-6-13(9-11)18(2)16(19)12-7-8-15(20-3)14(17)10-12/h4-10H,17H2,1-3H3. The van der Waals surface area contributed by atoms with Gasteiger partial charge in [0.2, 0.25) is 0 Å². The first kappa shape index (κ1) is 13.9. The molecule has 0 aliphatic carbocycles. The Kier molecular flexibility index (Phi) is 3.94. The van der Waals surface area contributed by atoms with Gasteiger partial charge in [0.1, 0.15) is 5.75 Å². The zero-order chi connectivity index (χ0) is 14.7. The van der Waals surface area contributed by atoms with Crippen LogP contribution in [0.25, 0.3) is 0 Å². The second-order valence-electron chi connectivity index (χ2n) is 4.66. The first-order valence-electron chi connectivity index (χ1n) is 6.31. The molecule has 4 heteroatoms. The fraction of sp³-hybridized carbons (Fsp3) is 0.188. The van der Waals surface area contributed by atoms with Crippen LogP contribution in [-0.2, 0) is 0 Å². The quantitative estimate of drug-likeness (QED) is 0.872. The predicted octanol–water partition coefficient (Wildman–Crippen LogP) is 2.86. The molecule has 4 nitrogen and oxygen atoms in total. The Morgan fingerprint density at radius 3 is 2.55 bits per heavy atom. The van der Waals surface area contributed by atoms with Gasteiger partial charge in [0, 0.05) is 18.3 Å². The van der Waals surface area contributed by atoms with Crippen molar-refractivity contribution in [2.45, 2.75) is 6.92 Å². The van der Waals surface area contributed by atoms with Crippen LogP contribution in [0.4, 0.5) is 11.4 Å². The van der Waals surface area contributed by atoms with Crippen LogP contribution in [0.1, 0.15) is 15.9 Å². The lowest BCUT2D eigenvalue weighted by atomic mass is 10.1. The van der Waals surface area contributed by atoms with E-state index in [4.69, 9.17) is 10.5 Å². The first-order valence-corrected chi connectivity index (χ1v) is 6.31. The van der Waals surface area contributed by atoms with E-state index in [1.807, 2.05) is 31.2 Å². The summed E-state index contributed by atoms with van der Waals surface area (Å²) in [4.78, 5) is 14.0. The highest BCUT2D eigenvalue weighted by Crippen LogP contribution is 2.24. The number of benzene rings is 2. The molecule has 0 saturated heterocycles. The van der Waals surface area contributed by atoms with E-state index in [1.165, 1.54) is 0 Å². The molecule has 0 radical (unpaired) electrons. The fourth-order valence-electron chi connectivity index (χ4n) is 2.01. The molecular formula is C16H18N2O2. The van der Waals surface area contributed by atoms with E-state index in [1.54, 1.807) is 37.3 Å². The molecule has 2 aromatic carbocycles.